The first-order valence-corrected chi connectivity index (χ1v) is 6.95. The van der Waals surface area contributed by atoms with Crippen LogP contribution in [-0.2, 0) is 0 Å². The number of hydrogen-bond acceptors (Lipinski definition) is 3. The Balaban J connectivity index is 2.27. The number of ether oxygens (including phenoxy) is 2. The van der Waals surface area contributed by atoms with E-state index in [9.17, 15) is 0 Å². The molecule has 0 spiro atoms. The predicted molar refractivity (Wildman–Crippen MR) is 74.6 cm³/mol. The van der Waals surface area contributed by atoms with E-state index in [0.717, 1.165) is 11.5 Å². The van der Waals surface area contributed by atoms with Gasteiger partial charge in [0.2, 0.25) is 0 Å². The van der Waals surface area contributed by atoms with Crippen LogP contribution in [0, 0.1) is 0 Å². The number of alkyl halides is 1. The van der Waals surface area contributed by atoms with Crippen LogP contribution in [0.15, 0.2) is 35.7 Å². The zero-order valence-corrected chi connectivity index (χ0v) is 12.0. The van der Waals surface area contributed by atoms with Gasteiger partial charge in [-0.1, -0.05) is 28.1 Å². The minimum Gasteiger partial charge on any atom is -0.497 e. The number of hydrogen-bond donors (Lipinski definition) is 0. The molecule has 0 bridgehead atoms. The summed E-state index contributed by atoms with van der Waals surface area (Å²) in [4.78, 5) is 1.33. The zero-order valence-electron chi connectivity index (χ0n) is 9.64. The summed E-state index contributed by atoms with van der Waals surface area (Å²) in [5.74, 6) is 1.79. The lowest BCUT2D eigenvalue weighted by atomic mass is 10.1. The van der Waals surface area contributed by atoms with Crippen molar-refractivity contribution in [3.8, 4) is 11.5 Å². The summed E-state index contributed by atoms with van der Waals surface area (Å²) in [6.45, 7) is 0. The highest BCUT2D eigenvalue weighted by atomic mass is 79.9. The third-order valence-electron chi connectivity index (χ3n) is 2.52. The normalized spacial score (nSPS) is 12.2. The molecular weight excluding hydrogens is 300 g/mol. The molecule has 0 radical (unpaired) electrons. The summed E-state index contributed by atoms with van der Waals surface area (Å²) in [5.41, 5.74) is 1.19. The second kappa shape index (κ2) is 5.56. The van der Waals surface area contributed by atoms with Gasteiger partial charge in [0, 0.05) is 0 Å². The molecule has 90 valence electrons. The van der Waals surface area contributed by atoms with E-state index in [1.807, 2.05) is 23.6 Å². The van der Waals surface area contributed by atoms with Gasteiger partial charge < -0.3 is 9.47 Å². The van der Waals surface area contributed by atoms with Crippen molar-refractivity contribution in [3.63, 3.8) is 0 Å². The van der Waals surface area contributed by atoms with Crippen LogP contribution in [0.2, 0.25) is 0 Å². The van der Waals surface area contributed by atoms with Crippen molar-refractivity contribution in [2.24, 2.45) is 0 Å². The molecule has 0 aliphatic rings. The number of methoxy groups -OCH3 is 2. The van der Waals surface area contributed by atoms with E-state index in [1.165, 1.54) is 10.4 Å². The van der Waals surface area contributed by atoms with Crippen LogP contribution in [0.5, 0.6) is 11.5 Å². The van der Waals surface area contributed by atoms with E-state index in [4.69, 9.17) is 9.47 Å². The standard InChI is InChI=1S/C13H13BrO2S/c1-15-10-5-3-9(4-6-10)12(14)13-11(16-2)7-8-17-13/h3-8,12H,1-2H3. The average molecular weight is 313 g/mol. The van der Waals surface area contributed by atoms with Crippen LogP contribution >= 0.6 is 27.3 Å². The number of rotatable bonds is 4. The summed E-state index contributed by atoms with van der Waals surface area (Å²) in [5, 5.41) is 2.03. The van der Waals surface area contributed by atoms with Gasteiger partial charge in [0.25, 0.3) is 0 Å². The Morgan fingerprint density at radius 2 is 1.76 bits per heavy atom. The van der Waals surface area contributed by atoms with Gasteiger partial charge in [-0.05, 0) is 29.1 Å². The monoisotopic (exact) mass is 312 g/mol. The highest BCUT2D eigenvalue weighted by Gasteiger charge is 2.16. The molecule has 1 unspecified atom stereocenters. The molecule has 0 saturated carbocycles. The van der Waals surface area contributed by atoms with Crippen molar-refractivity contribution in [1.82, 2.24) is 0 Å². The highest BCUT2D eigenvalue weighted by Crippen LogP contribution is 2.40. The third-order valence-corrected chi connectivity index (χ3v) is 4.77. The quantitative estimate of drug-likeness (QED) is 0.786. The Bertz CT molecular complexity index is 478. The summed E-state index contributed by atoms with van der Waals surface area (Å²) >= 11 is 5.38. The van der Waals surface area contributed by atoms with E-state index < -0.39 is 0 Å². The lowest BCUT2D eigenvalue weighted by Crippen LogP contribution is -1.93. The van der Waals surface area contributed by atoms with Gasteiger partial charge in [-0.15, -0.1) is 11.3 Å². The molecule has 2 rings (SSSR count). The molecule has 17 heavy (non-hydrogen) atoms. The van der Waals surface area contributed by atoms with Crippen molar-refractivity contribution in [3.05, 3.63) is 46.2 Å². The van der Waals surface area contributed by atoms with E-state index >= 15 is 0 Å². The molecule has 1 atom stereocenters. The Morgan fingerprint density at radius 1 is 1.06 bits per heavy atom. The summed E-state index contributed by atoms with van der Waals surface area (Å²) in [6.07, 6.45) is 0. The van der Waals surface area contributed by atoms with Crippen molar-refractivity contribution >= 4 is 27.3 Å². The Labute approximate surface area is 113 Å². The van der Waals surface area contributed by atoms with Crippen molar-refractivity contribution in [1.29, 1.82) is 0 Å². The Morgan fingerprint density at radius 3 is 2.35 bits per heavy atom. The van der Waals surface area contributed by atoms with E-state index in [1.54, 1.807) is 25.6 Å². The van der Waals surface area contributed by atoms with E-state index in [0.29, 0.717) is 0 Å². The molecule has 4 heteroatoms. The van der Waals surface area contributed by atoms with Gasteiger partial charge in [0.05, 0.1) is 23.9 Å². The van der Waals surface area contributed by atoms with Gasteiger partial charge in [-0.2, -0.15) is 0 Å². The SMILES string of the molecule is COc1ccc(C(Br)c2sccc2OC)cc1. The lowest BCUT2D eigenvalue weighted by molar-refractivity contribution is 0.412. The number of benzene rings is 1. The van der Waals surface area contributed by atoms with Gasteiger partial charge in [-0.25, -0.2) is 0 Å². The molecule has 0 aliphatic heterocycles. The molecule has 0 amide bonds. The van der Waals surface area contributed by atoms with E-state index in [2.05, 4.69) is 28.1 Å². The molecule has 0 aliphatic carbocycles. The zero-order chi connectivity index (χ0) is 12.3. The maximum Gasteiger partial charge on any atom is 0.134 e. The minimum atomic E-state index is 0.156. The smallest absolute Gasteiger partial charge is 0.134 e. The summed E-state index contributed by atoms with van der Waals surface area (Å²) in [7, 11) is 3.36. The van der Waals surface area contributed by atoms with E-state index in [-0.39, 0.29) is 4.83 Å². The van der Waals surface area contributed by atoms with Gasteiger partial charge in [-0.3, -0.25) is 0 Å². The molecular formula is C13H13BrO2S. The molecule has 2 aromatic rings. The van der Waals surface area contributed by atoms with Gasteiger partial charge in [0.15, 0.2) is 0 Å². The summed E-state index contributed by atoms with van der Waals surface area (Å²) in [6, 6.07) is 10.0. The first-order valence-electron chi connectivity index (χ1n) is 5.15. The Hall–Kier alpha value is -1.00. The van der Waals surface area contributed by atoms with Crippen molar-refractivity contribution < 1.29 is 9.47 Å². The highest BCUT2D eigenvalue weighted by molar-refractivity contribution is 9.09. The molecule has 1 aromatic heterocycles. The largest absolute Gasteiger partial charge is 0.497 e. The summed E-state index contributed by atoms with van der Waals surface area (Å²) < 4.78 is 10.5. The average Bonchev–Trinajstić information content (AvgIpc) is 2.86. The maximum atomic E-state index is 5.33. The van der Waals surface area contributed by atoms with Crippen molar-refractivity contribution in [2.75, 3.05) is 14.2 Å². The fourth-order valence-corrected chi connectivity index (χ4v) is 3.30. The van der Waals surface area contributed by atoms with Crippen LogP contribution in [0.4, 0.5) is 0 Å². The molecule has 1 aromatic carbocycles. The van der Waals surface area contributed by atoms with Gasteiger partial charge in [0.1, 0.15) is 11.5 Å². The molecule has 0 fully saturated rings. The second-order valence-electron chi connectivity index (χ2n) is 3.49. The van der Waals surface area contributed by atoms with Crippen LogP contribution in [0.1, 0.15) is 15.3 Å². The molecule has 0 N–H and O–H groups in total. The fraction of sp³-hybridized carbons (Fsp3) is 0.231. The topological polar surface area (TPSA) is 18.5 Å². The first kappa shape index (κ1) is 12.5. The minimum absolute atomic E-state index is 0.156. The first-order chi connectivity index (χ1) is 8.26. The van der Waals surface area contributed by atoms with Crippen LogP contribution < -0.4 is 9.47 Å². The molecule has 0 saturated heterocycles. The third kappa shape index (κ3) is 2.64. The lowest BCUT2D eigenvalue weighted by Gasteiger charge is -2.11. The number of halogens is 1. The predicted octanol–water partition coefficient (Wildman–Crippen LogP) is 4.25. The van der Waals surface area contributed by atoms with Crippen LogP contribution in [0.3, 0.4) is 0 Å². The fourth-order valence-electron chi connectivity index (χ4n) is 1.59. The second-order valence-corrected chi connectivity index (χ2v) is 5.35. The van der Waals surface area contributed by atoms with Gasteiger partial charge >= 0.3 is 0 Å². The molecule has 2 nitrogen and oxygen atoms in total. The van der Waals surface area contributed by atoms with Crippen LogP contribution in [-0.4, -0.2) is 14.2 Å². The van der Waals surface area contributed by atoms with Crippen molar-refractivity contribution in [2.45, 2.75) is 4.83 Å². The van der Waals surface area contributed by atoms with Crippen LogP contribution in [0.25, 0.3) is 0 Å². The molecule has 1 heterocycles. The maximum absolute atomic E-state index is 5.33. The Kier molecular flexibility index (Phi) is 4.07. The number of thiophene rings is 1.